The predicted molar refractivity (Wildman–Crippen MR) is 83.8 cm³/mol. The Morgan fingerprint density at radius 1 is 1.00 bits per heavy atom. The number of carbonyl (C=O) groups excluding carboxylic acids is 4. The number of rotatable bonds is 6. The molecule has 1 amide bonds. The molecule has 2 atom stereocenters. The van der Waals surface area contributed by atoms with Crippen molar-refractivity contribution in [3.8, 4) is 0 Å². The summed E-state index contributed by atoms with van der Waals surface area (Å²) in [4.78, 5) is 47.4. The fourth-order valence-corrected chi connectivity index (χ4v) is 2.61. The molecule has 0 heterocycles. The highest BCUT2D eigenvalue weighted by atomic mass is 32.2. The number of nitrogens with one attached hydrogen (secondary N) is 1. The highest BCUT2D eigenvalue weighted by Crippen LogP contribution is 2.19. The van der Waals surface area contributed by atoms with E-state index in [4.69, 9.17) is 0 Å². The van der Waals surface area contributed by atoms with Crippen LogP contribution >= 0.6 is 11.8 Å². The zero-order chi connectivity index (χ0) is 17.4. The molecule has 0 fully saturated rings. The van der Waals surface area contributed by atoms with Gasteiger partial charge in [-0.25, -0.2) is 4.79 Å². The fourth-order valence-electron chi connectivity index (χ4n) is 1.75. The second-order valence-corrected chi connectivity index (χ2v) is 5.71. The Labute approximate surface area is 137 Å². The molecule has 1 aromatic rings. The molecule has 1 N–H and O–H groups in total. The van der Waals surface area contributed by atoms with Gasteiger partial charge >= 0.3 is 11.9 Å². The van der Waals surface area contributed by atoms with E-state index in [0.29, 0.717) is 17.3 Å². The number of hydrogen-bond acceptors (Lipinski definition) is 7. The summed E-state index contributed by atoms with van der Waals surface area (Å²) >= 11 is 0.592. The quantitative estimate of drug-likeness (QED) is 0.765. The molecule has 0 radical (unpaired) electrons. The predicted octanol–water partition coefficient (Wildman–Crippen LogP) is 0.779. The van der Waals surface area contributed by atoms with Gasteiger partial charge in [-0.2, -0.15) is 0 Å². The molecule has 124 valence electrons. The zero-order valence-corrected chi connectivity index (χ0v) is 13.7. The lowest BCUT2D eigenvalue weighted by Gasteiger charge is -2.22. The normalized spacial score (nSPS) is 12.7. The second-order valence-electron chi connectivity index (χ2n) is 4.39. The summed E-state index contributed by atoms with van der Waals surface area (Å²) in [5, 5.41) is 0.779. The summed E-state index contributed by atoms with van der Waals surface area (Å²) in [6.07, 6.45) is 0. The molecule has 0 saturated carbocycles. The van der Waals surface area contributed by atoms with E-state index in [2.05, 4.69) is 14.8 Å². The maximum absolute atomic E-state index is 12.2. The highest BCUT2D eigenvalue weighted by Gasteiger charge is 2.38. The molecule has 0 aliphatic heterocycles. The number of benzene rings is 1. The summed E-state index contributed by atoms with van der Waals surface area (Å²) in [6, 6.07) is 6.80. The number of esters is 2. The van der Waals surface area contributed by atoms with Gasteiger partial charge in [0.1, 0.15) is 5.25 Å². The van der Waals surface area contributed by atoms with Gasteiger partial charge < -0.3 is 14.8 Å². The van der Waals surface area contributed by atoms with E-state index in [0.717, 1.165) is 14.2 Å². The molecule has 23 heavy (non-hydrogen) atoms. The third-order valence-electron chi connectivity index (χ3n) is 2.81. The van der Waals surface area contributed by atoms with Gasteiger partial charge in [-0.3, -0.25) is 14.4 Å². The lowest BCUT2D eigenvalue weighted by molar-refractivity contribution is -0.148. The molecule has 1 rings (SSSR count). The summed E-state index contributed by atoms with van der Waals surface area (Å²) in [5.41, 5.74) is 0.304. The van der Waals surface area contributed by atoms with Crippen LogP contribution in [0.5, 0.6) is 0 Å². The van der Waals surface area contributed by atoms with Crippen molar-refractivity contribution in [1.29, 1.82) is 0 Å². The second kappa shape index (κ2) is 8.94. The van der Waals surface area contributed by atoms with E-state index in [9.17, 15) is 19.2 Å². The van der Waals surface area contributed by atoms with E-state index in [1.807, 2.05) is 0 Å². The first kappa shape index (κ1) is 18.7. The van der Waals surface area contributed by atoms with Crippen LogP contribution in [0.25, 0.3) is 0 Å². The van der Waals surface area contributed by atoms with Gasteiger partial charge in [0.25, 0.3) is 5.91 Å². The van der Waals surface area contributed by atoms with Gasteiger partial charge in [-0.15, -0.1) is 0 Å². The Kier molecular flexibility index (Phi) is 7.27. The SMILES string of the molecule is COC(=O)[C@@H](SC(C)=O)[C@@H](NC(=O)c1ccccc1)C(=O)OC. The molecule has 8 heteroatoms. The van der Waals surface area contributed by atoms with Crippen LogP contribution in [0.2, 0.25) is 0 Å². The van der Waals surface area contributed by atoms with Crippen molar-refractivity contribution in [3.63, 3.8) is 0 Å². The molecule has 0 aliphatic carbocycles. The Bertz CT molecular complexity index is 589. The molecular formula is C15H17NO6S. The van der Waals surface area contributed by atoms with Crippen LogP contribution in [0.1, 0.15) is 17.3 Å². The summed E-state index contributed by atoms with van der Waals surface area (Å²) in [5.74, 6) is -2.23. The van der Waals surface area contributed by atoms with Gasteiger partial charge in [0, 0.05) is 12.5 Å². The van der Waals surface area contributed by atoms with Crippen LogP contribution in [-0.4, -0.2) is 48.5 Å². The molecule has 1 aromatic carbocycles. The lowest BCUT2D eigenvalue weighted by Crippen LogP contribution is -2.51. The highest BCUT2D eigenvalue weighted by molar-refractivity contribution is 8.14. The monoisotopic (exact) mass is 339 g/mol. The third-order valence-corrected chi connectivity index (χ3v) is 3.86. The third kappa shape index (κ3) is 5.41. The molecule has 0 spiro atoms. The summed E-state index contributed by atoms with van der Waals surface area (Å²) < 4.78 is 9.23. The molecule has 0 saturated heterocycles. The van der Waals surface area contributed by atoms with Crippen LogP contribution in [0.3, 0.4) is 0 Å². The molecule has 7 nitrogen and oxygen atoms in total. The average Bonchev–Trinajstić information content (AvgIpc) is 2.56. The van der Waals surface area contributed by atoms with Gasteiger partial charge in [0.2, 0.25) is 0 Å². The van der Waals surface area contributed by atoms with Crippen molar-refractivity contribution < 1.29 is 28.7 Å². The minimum Gasteiger partial charge on any atom is -0.468 e. The van der Waals surface area contributed by atoms with Crippen molar-refractivity contribution in [1.82, 2.24) is 5.32 Å². The zero-order valence-electron chi connectivity index (χ0n) is 12.9. The van der Waals surface area contributed by atoms with Gasteiger partial charge in [0.05, 0.1) is 14.2 Å². The number of methoxy groups -OCH3 is 2. The lowest BCUT2D eigenvalue weighted by atomic mass is 10.1. The van der Waals surface area contributed by atoms with Crippen LogP contribution in [-0.2, 0) is 23.9 Å². The van der Waals surface area contributed by atoms with Crippen LogP contribution in [0.15, 0.2) is 30.3 Å². The molecule has 0 bridgehead atoms. The first-order valence-electron chi connectivity index (χ1n) is 6.59. The largest absolute Gasteiger partial charge is 0.468 e. The number of carbonyl (C=O) groups is 4. The van der Waals surface area contributed by atoms with Gasteiger partial charge in [-0.1, -0.05) is 30.0 Å². The van der Waals surface area contributed by atoms with Crippen molar-refractivity contribution >= 4 is 34.7 Å². The molecule has 0 unspecified atom stereocenters. The molecule has 0 aliphatic rings. The van der Waals surface area contributed by atoms with Gasteiger partial charge in [-0.05, 0) is 12.1 Å². The standard InChI is InChI=1S/C15H17NO6S/c1-9(17)23-12(15(20)22-3)11(14(19)21-2)16-13(18)10-7-5-4-6-8-10/h4-8,11-12H,1-3H3,(H,16,18)/t11-,12+/m1/s1. The fraction of sp³-hybridized carbons (Fsp3) is 0.333. The molecule has 0 aromatic heterocycles. The summed E-state index contributed by atoms with van der Waals surface area (Å²) in [7, 11) is 2.25. The maximum atomic E-state index is 12.2. The number of amides is 1. The first-order valence-corrected chi connectivity index (χ1v) is 7.47. The van der Waals surface area contributed by atoms with Crippen molar-refractivity contribution in [2.75, 3.05) is 14.2 Å². The van der Waals surface area contributed by atoms with Crippen molar-refractivity contribution in [2.24, 2.45) is 0 Å². The van der Waals surface area contributed by atoms with E-state index in [1.165, 1.54) is 6.92 Å². The van der Waals surface area contributed by atoms with Crippen LogP contribution in [0.4, 0.5) is 0 Å². The Balaban J connectivity index is 3.06. The minimum absolute atomic E-state index is 0.304. The van der Waals surface area contributed by atoms with E-state index >= 15 is 0 Å². The smallest absolute Gasteiger partial charge is 0.330 e. The topological polar surface area (TPSA) is 98.8 Å². The minimum atomic E-state index is -1.35. The van der Waals surface area contributed by atoms with E-state index < -0.39 is 34.3 Å². The number of ether oxygens (including phenoxy) is 2. The van der Waals surface area contributed by atoms with Crippen LogP contribution < -0.4 is 5.32 Å². The average molecular weight is 339 g/mol. The van der Waals surface area contributed by atoms with Crippen molar-refractivity contribution in [3.05, 3.63) is 35.9 Å². The maximum Gasteiger partial charge on any atom is 0.330 e. The van der Waals surface area contributed by atoms with Crippen molar-refractivity contribution in [2.45, 2.75) is 18.2 Å². The van der Waals surface area contributed by atoms with E-state index in [-0.39, 0.29) is 0 Å². The van der Waals surface area contributed by atoms with Gasteiger partial charge in [0.15, 0.2) is 11.2 Å². The number of hydrogen-bond donors (Lipinski definition) is 1. The van der Waals surface area contributed by atoms with Crippen LogP contribution in [0, 0.1) is 0 Å². The number of thioether (sulfide) groups is 1. The Morgan fingerprint density at radius 2 is 1.57 bits per heavy atom. The Hall–Kier alpha value is -2.35. The Morgan fingerprint density at radius 3 is 2.04 bits per heavy atom. The first-order chi connectivity index (χ1) is 10.9. The van der Waals surface area contributed by atoms with E-state index in [1.54, 1.807) is 30.3 Å². The summed E-state index contributed by atoms with van der Waals surface area (Å²) in [6.45, 7) is 1.24. The molecular weight excluding hydrogens is 322 g/mol.